The Morgan fingerprint density at radius 2 is 2.62 bits per heavy atom. The number of aromatic amines is 1. The van der Waals surface area contributed by atoms with Gasteiger partial charge in [0.1, 0.15) is 0 Å². The molecule has 16 heavy (non-hydrogen) atoms. The van der Waals surface area contributed by atoms with E-state index in [9.17, 15) is 4.79 Å². The van der Waals surface area contributed by atoms with Crippen molar-refractivity contribution in [2.75, 3.05) is 19.6 Å². The van der Waals surface area contributed by atoms with Gasteiger partial charge in [0.05, 0.1) is 6.20 Å². The largest absolute Gasteiger partial charge is 0.347 e. The number of likely N-dealkylation sites (tertiary alicyclic amines) is 1. The molecule has 0 aliphatic carbocycles. The number of nitrogens with zero attached hydrogens (tertiary/aromatic N) is 3. The molecular formula is C10H17N5O. The molecule has 0 bridgehead atoms. The van der Waals surface area contributed by atoms with Crippen molar-refractivity contribution in [3.8, 4) is 0 Å². The van der Waals surface area contributed by atoms with Crippen LogP contribution in [-0.2, 0) is 0 Å². The summed E-state index contributed by atoms with van der Waals surface area (Å²) in [6, 6.07) is 0.234. The summed E-state index contributed by atoms with van der Waals surface area (Å²) in [6.07, 6.45) is 3.62. The molecule has 0 saturated carbocycles. The van der Waals surface area contributed by atoms with Crippen molar-refractivity contribution in [2.45, 2.75) is 25.8 Å². The van der Waals surface area contributed by atoms with E-state index < -0.39 is 0 Å². The molecular weight excluding hydrogens is 206 g/mol. The van der Waals surface area contributed by atoms with Crippen molar-refractivity contribution in [2.24, 2.45) is 0 Å². The first-order valence-corrected chi connectivity index (χ1v) is 5.68. The maximum atomic E-state index is 11.7. The normalized spacial score (nSPS) is 21.9. The maximum absolute atomic E-state index is 11.7. The molecule has 1 saturated heterocycles. The van der Waals surface area contributed by atoms with Crippen molar-refractivity contribution >= 4 is 5.91 Å². The molecule has 1 atom stereocenters. The van der Waals surface area contributed by atoms with E-state index in [1.54, 1.807) is 0 Å². The molecule has 1 aliphatic heterocycles. The van der Waals surface area contributed by atoms with Gasteiger partial charge in [-0.05, 0) is 25.9 Å². The fourth-order valence-corrected chi connectivity index (χ4v) is 2.03. The minimum Gasteiger partial charge on any atom is -0.347 e. The van der Waals surface area contributed by atoms with E-state index in [1.165, 1.54) is 6.20 Å². The first-order valence-electron chi connectivity index (χ1n) is 5.68. The first-order chi connectivity index (χ1) is 7.79. The van der Waals surface area contributed by atoms with E-state index in [2.05, 4.69) is 32.6 Å². The standard InChI is InChI=1S/C10H17N5O/c1-2-15-5-3-4-8(7-15)12-10(16)9-6-11-14-13-9/h6,8H,2-5,7H2,1H3,(H,12,16)(H,11,13,14). The van der Waals surface area contributed by atoms with Crippen LogP contribution in [0.2, 0.25) is 0 Å². The Morgan fingerprint density at radius 3 is 3.31 bits per heavy atom. The molecule has 2 N–H and O–H groups in total. The topological polar surface area (TPSA) is 73.9 Å². The summed E-state index contributed by atoms with van der Waals surface area (Å²) in [5, 5.41) is 12.8. The summed E-state index contributed by atoms with van der Waals surface area (Å²) >= 11 is 0. The van der Waals surface area contributed by atoms with Crippen molar-refractivity contribution in [1.82, 2.24) is 25.6 Å². The molecule has 6 heteroatoms. The van der Waals surface area contributed by atoms with Crippen LogP contribution < -0.4 is 5.32 Å². The molecule has 0 aromatic carbocycles. The van der Waals surface area contributed by atoms with Crippen molar-refractivity contribution in [3.05, 3.63) is 11.9 Å². The molecule has 0 radical (unpaired) electrons. The highest BCUT2D eigenvalue weighted by Crippen LogP contribution is 2.09. The second kappa shape index (κ2) is 5.07. The van der Waals surface area contributed by atoms with Crippen LogP contribution in [0.25, 0.3) is 0 Å². The van der Waals surface area contributed by atoms with Gasteiger partial charge < -0.3 is 10.2 Å². The Labute approximate surface area is 94.4 Å². The lowest BCUT2D eigenvalue weighted by Crippen LogP contribution is -2.47. The predicted molar refractivity (Wildman–Crippen MR) is 59.0 cm³/mol. The number of hydrogen-bond donors (Lipinski definition) is 2. The molecule has 1 fully saturated rings. The molecule has 1 unspecified atom stereocenters. The molecule has 2 heterocycles. The van der Waals surface area contributed by atoms with Crippen molar-refractivity contribution in [1.29, 1.82) is 0 Å². The lowest BCUT2D eigenvalue weighted by atomic mass is 10.1. The second-order valence-corrected chi connectivity index (χ2v) is 4.06. The maximum Gasteiger partial charge on any atom is 0.273 e. The summed E-state index contributed by atoms with van der Waals surface area (Å²) in [4.78, 5) is 14.1. The lowest BCUT2D eigenvalue weighted by Gasteiger charge is -2.32. The van der Waals surface area contributed by atoms with Gasteiger partial charge in [0.15, 0.2) is 5.69 Å². The molecule has 1 aromatic heterocycles. The number of piperidine rings is 1. The van der Waals surface area contributed by atoms with Gasteiger partial charge in [-0.3, -0.25) is 4.79 Å². The SMILES string of the molecule is CCN1CCCC(NC(=O)c2cn[nH]n2)C1. The zero-order valence-corrected chi connectivity index (χ0v) is 9.44. The number of carbonyl (C=O) groups is 1. The number of H-pyrrole nitrogens is 1. The third kappa shape index (κ3) is 2.57. The molecule has 88 valence electrons. The number of amides is 1. The summed E-state index contributed by atoms with van der Waals surface area (Å²) in [7, 11) is 0. The zero-order valence-electron chi connectivity index (χ0n) is 9.44. The fraction of sp³-hybridized carbons (Fsp3) is 0.700. The van der Waals surface area contributed by atoms with Crippen LogP contribution >= 0.6 is 0 Å². The molecule has 2 rings (SSSR count). The Bertz CT molecular complexity index is 337. The van der Waals surface area contributed by atoms with Crippen molar-refractivity contribution in [3.63, 3.8) is 0 Å². The molecule has 6 nitrogen and oxygen atoms in total. The van der Waals surface area contributed by atoms with Crippen LogP contribution in [0.4, 0.5) is 0 Å². The highest BCUT2D eigenvalue weighted by atomic mass is 16.2. The average Bonchev–Trinajstić information content (AvgIpc) is 2.83. The molecule has 0 spiro atoms. The number of aromatic nitrogens is 3. The number of rotatable bonds is 3. The van der Waals surface area contributed by atoms with Crippen LogP contribution in [0, 0.1) is 0 Å². The van der Waals surface area contributed by atoms with E-state index >= 15 is 0 Å². The lowest BCUT2D eigenvalue weighted by molar-refractivity contribution is 0.0900. The first kappa shape index (κ1) is 11.1. The number of hydrogen-bond acceptors (Lipinski definition) is 4. The number of likely N-dealkylation sites (N-methyl/N-ethyl adjacent to an activating group) is 1. The quantitative estimate of drug-likeness (QED) is 0.757. The number of carbonyl (C=O) groups excluding carboxylic acids is 1. The van der Waals surface area contributed by atoms with Gasteiger partial charge in [-0.2, -0.15) is 15.4 Å². The van der Waals surface area contributed by atoms with Crippen LogP contribution in [-0.4, -0.2) is 51.9 Å². The molecule has 1 amide bonds. The van der Waals surface area contributed by atoms with Crippen LogP contribution in [0.15, 0.2) is 6.20 Å². The Kier molecular flexibility index (Phi) is 3.51. The van der Waals surface area contributed by atoms with Crippen molar-refractivity contribution < 1.29 is 4.79 Å². The van der Waals surface area contributed by atoms with Gasteiger partial charge in [-0.25, -0.2) is 0 Å². The second-order valence-electron chi connectivity index (χ2n) is 4.06. The van der Waals surface area contributed by atoms with Gasteiger partial charge in [-0.1, -0.05) is 6.92 Å². The van der Waals surface area contributed by atoms with E-state index in [0.29, 0.717) is 5.69 Å². The van der Waals surface area contributed by atoms with E-state index in [1.807, 2.05) is 0 Å². The van der Waals surface area contributed by atoms with Gasteiger partial charge in [0, 0.05) is 12.6 Å². The highest BCUT2D eigenvalue weighted by Gasteiger charge is 2.21. The van der Waals surface area contributed by atoms with Gasteiger partial charge in [-0.15, -0.1) is 0 Å². The number of nitrogens with one attached hydrogen (secondary N) is 2. The van der Waals surface area contributed by atoms with Crippen LogP contribution in [0.5, 0.6) is 0 Å². The Morgan fingerprint density at radius 1 is 1.75 bits per heavy atom. The summed E-state index contributed by atoms with van der Waals surface area (Å²) < 4.78 is 0. The fourth-order valence-electron chi connectivity index (χ4n) is 2.03. The Balaban J connectivity index is 1.87. The van der Waals surface area contributed by atoms with Gasteiger partial charge >= 0.3 is 0 Å². The van der Waals surface area contributed by atoms with Gasteiger partial charge in [0.25, 0.3) is 5.91 Å². The zero-order chi connectivity index (χ0) is 11.4. The van der Waals surface area contributed by atoms with Gasteiger partial charge in [0.2, 0.25) is 0 Å². The summed E-state index contributed by atoms with van der Waals surface area (Å²) in [6.45, 7) is 5.24. The smallest absolute Gasteiger partial charge is 0.273 e. The highest BCUT2D eigenvalue weighted by molar-refractivity contribution is 5.92. The van der Waals surface area contributed by atoms with Crippen LogP contribution in [0.3, 0.4) is 0 Å². The van der Waals surface area contributed by atoms with E-state index in [4.69, 9.17) is 0 Å². The summed E-state index contributed by atoms with van der Waals surface area (Å²) in [5.41, 5.74) is 0.355. The molecule has 1 aliphatic rings. The van der Waals surface area contributed by atoms with E-state index in [0.717, 1.165) is 32.5 Å². The monoisotopic (exact) mass is 223 g/mol. The van der Waals surface area contributed by atoms with Crippen LogP contribution in [0.1, 0.15) is 30.3 Å². The minimum atomic E-state index is -0.142. The summed E-state index contributed by atoms with van der Waals surface area (Å²) in [5.74, 6) is -0.142. The average molecular weight is 223 g/mol. The third-order valence-corrected chi connectivity index (χ3v) is 2.94. The van der Waals surface area contributed by atoms with E-state index in [-0.39, 0.29) is 11.9 Å². The third-order valence-electron chi connectivity index (χ3n) is 2.94. The molecule has 1 aromatic rings. The Hall–Kier alpha value is -1.43. The predicted octanol–water partition coefficient (Wildman–Crippen LogP) is 0.0188. The minimum absolute atomic E-state index is 0.142.